The molecule has 0 fully saturated rings. The zero-order valence-electron chi connectivity index (χ0n) is 21.2. The molecule has 0 aliphatic rings. The van der Waals surface area contributed by atoms with E-state index in [1.807, 2.05) is 30.3 Å². The zero-order chi connectivity index (χ0) is 27.4. The Morgan fingerprint density at radius 3 is 2.28 bits per heavy atom. The molecule has 0 saturated carbocycles. The van der Waals surface area contributed by atoms with Crippen molar-refractivity contribution in [3.63, 3.8) is 0 Å². The molecule has 1 heterocycles. The third kappa shape index (κ3) is 5.78. The summed E-state index contributed by atoms with van der Waals surface area (Å²) in [5, 5.41) is 0.803. The largest absolute Gasteiger partial charge is 0.493 e. The zero-order valence-corrected chi connectivity index (χ0v) is 22.0. The van der Waals surface area contributed by atoms with Gasteiger partial charge in [-0.2, -0.15) is 0 Å². The number of benzene rings is 4. The number of nitrogens with zero attached hydrogens (tertiary/aromatic N) is 1. The van der Waals surface area contributed by atoms with Gasteiger partial charge < -0.3 is 14.2 Å². The highest BCUT2D eigenvalue weighted by molar-refractivity contribution is 7.92. The second kappa shape index (κ2) is 11.0. The van der Waals surface area contributed by atoms with Crippen LogP contribution in [0.2, 0.25) is 0 Å². The van der Waals surface area contributed by atoms with Crippen LogP contribution in [-0.2, 0) is 16.4 Å². The number of methoxy groups -OCH3 is 2. The lowest BCUT2D eigenvalue weighted by Crippen LogP contribution is -2.13. The molecule has 0 bridgehead atoms. The minimum Gasteiger partial charge on any atom is -0.493 e. The maximum absolute atomic E-state index is 15.2. The molecule has 9 heteroatoms. The molecule has 0 atom stereocenters. The molecule has 0 aliphatic carbocycles. The van der Waals surface area contributed by atoms with Gasteiger partial charge in [0.25, 0.3) is 10.0 Å². The minimum absolute atomic E-state index is 0.00644. The van der Waals surface area contributed by atoms with Crippen molar-refractivity contribution in [1.82, 2.24) is 4.98 Å². The fourth-order valence-corrected chi connectivity index (χ4v) is 5.27. The molecule has 7 nitrogen and oxygen atoms in total. The van der Waals surface area contributed by atoms with Crippen LogP contribution in [-0.4, -0.2) is 27.6 Å². The highest BCUT2D eigenvalue weighted by atomic mass is 32.2. The minimum atomic E-state index is -3.99. The van der Waals surface area contributed by atoms with Crippen molar-refractivity contribution in [3.8, 4) is 23.0 Å². The molecule has 0 spiro atoms. The number of anilines is 1. The van der Waals surface area contributed by atoms with Gasteiger partial charge in [-0.1, -0.05) is 30.3 Å². The summed E-state index contributed by atoms with van der Waals surface area (Å²) in [4.78, 5) is 4.38. The number of aromatic nitrogens is 1. The molecule has 0 radical (unpaired) electrons. The lowest BCUT2D eigenvalue weighted by atomic mass is 10.00. The molecule has 0 unspecified atom stereocenters. The topological polar surface area (TPSA) is 86.8 Å². The average molecular weight is 545 g/mol. The third-order valence-electron chi connectivity index (χ3n) is 6.12. The highest BCUT2D eigenvalue weighted by Gasteiger charge is 2.17. The Hall–Kier alpha value is -4.63. The van der Waals surface area contributed by atoms with Gasteiger partial charge in [-0.05, 0) is 59.7 Å². The lowest BCUT2D eigenvalue weighted by Gasteiger charge is -2.13. The van der Waals surface area contributed by atoms with Gasteiger partial charge in [0.2, 0.25) is 0 Å². The van der Waals surface area contributed by atoms with Crippen LogP contribution in [0, 0.1) is 5.82 Å². The normalized spacial score (nSPS) is 11.3. The number of hydrogen-bond donors (Lipinski definition) is 1. The summed E-state index contributed by atoms with van der Waals surface area (Å²) in [6, 6.07) is 24.8. The fourth-order valence-electron chi connectivity index (χ4n) is 4.19. The Labute approximate surface area is 225 Å². The molecular formula is C30H25FN2O5S. The van der Waals surface area contributed by atoms with Gasteiger partial charge >= 0.3 is 0 Å². The molecule has 39 heavy (non-hydrogen) atoms. The molecule has 4 aromatic carbocycles. The van der Waals surface area contributed by atoms with Crippen LogP contribution in [0.15, 0.2) is 102 Å². The van der Waals surface area contributed by atoms with Gasteiger partial charge in [0, 0.05) is 30.1 Å². The van der Waals surface area contributed by atoms with Crippen molar-refractivity contribution in [2.24, 2.45) is 0 Å². The van der Waals surface area contributed by atoms with Gasteiger partial charge in [-0.15, -0.1) is 0 Å². The number of fused-ring (bicyclic) bond motifs is 1. The van der Waals surface area contributed by atoms with Crippen molar-refractivity contribution >= 4 is 26.6 Å². The number of ether oxygens (including phenoxy) is 3. The average Bonchev–Trinajstić information content (AvgIpc) is 2.94. The van der Waals surface area contributed by atoms with E-state index >= 15 is 4.39 Å². The van der Waals surface area contributed by atoms with Crippen molar-refractivity contribution in [2.45, 2.75) is 11.3 Å². The molecule has 0 saturated heterocycles. The van der Waals surface area contributed by atoms with Gasteiger partial charge in [-0.3, -0.25) is 9.71 Å². The van der Waals surface area contributed by atoms with E-state index in [1.165, 1.54) is 24.3 Å². The maximum atomic E-state index is 15.2. The predicted molar refractivity (Wildman–Crippen MR) is 148 cm³/mol. The molecule has 1 N–H and O–H groups in total. The molecule has 198 valence electrons. The number of hydrogen-bond acceptors (Lipinski definition) is 6. The SMILES string of the molecule is COc1cc2nccc(Cc3ccc(NS(=O)(=O)c4cccc(Oc5ccccc5)c4)cc3F)c2cc1OC. The number of halogens is 1. The second-order valence-corrected chi connectivity index (χ2v) is 10.4. The van der Waals surface area contributed by atoms with Crippen molar-refractivity contribution in [2.75, 3.05) is 18.9 Å². The standard InChI is InChI=1S/C30H25FN2O5S/c1-36-29-18-26-20(13-14-32-28(26)19-30(29)37-2)15-21-11-12-22(16-27(21)31)33-39(34,35)25-10-6-9-24(17-25)38-23-7-4-3-5-8-23/h3-14,16-19,33H,15H2,1-2H3. The fraction of sp³-hybridized carbons (Fsp3) is 0.100. The Morgan fingerprint density at radius 2 is 1.54 bits per heavy atom. The first kappa shape index (κ1) is 26.0. The Morgan fingerprint density at radius 1 is 0.795 bits per heavy atom. The molecule has 5 aromatic rings. The molecule has 5 rings (SSSR count). The van der Waals surface area contributed by atoms with E-state index in [2.05, 4.69) is 9.71 Å². The predicted octanol–water partition coefficient (Wildman–Crippen LogP) is 6.58. The number of nitrogens with one attached hydrogen (secondary N) is 1. The first-order valence-electron chi connectivity index (χ1n) is 12.0. The van der Waals surface area contributed by atoms with Crippen LogP contribution in [0.1, 0.15) is 11.1 Å². The van der Waals surface area contributed by atoms with Crippen LogP contribution >= 0.6 is 0 Å². The van der Waals surface area contributed by atoms with E-state index in [-0.39, 0.29) is 17.0 Å². The summed E-state index contributed by atoms with van der Waals surface area (Å²) >= 11 is 0. The quantitative estimate of drug-likeness (QED) is 0.226. The summed E-state index contributed by atoms with van der Waals surface area (Å²) < 4.78 is 60.2. The third-order valence-corrected chi connectivity index (χ3v) is 7.50. The monoisotopic (exact) mass is 544 g/mol. The Bertz CT molecular complexity index is 1740. The lowest BCUT2D eigenvalue weighted by molar-refractivity contribution is 0.356. The van der Waals surface area contributed by atoms with Crippen molar-refractivity contribution in [3.05, 3.63) is 114 Å². The van der Waals surface area contributed by atoms with Gasteiger partial charge in [0.1, 0.15) is 17.3 Å². The van der Waals surface area contributed by atoms with Crippen LogP contribution in [0.4, 0.5) is 10.1 Å². The molecular weight excluding hydrogens is 519 g/mol. The van der Waals surface area contributed by atoms with Crippen LogP contribution in [0.3, 0.4) is 0 Å². The Kier molecular flexibility index (Phi) is 7.33. The summed E-state index contributed by atoms with van der Waals surface area (Å²) in [6.45, 7) is 0. The van der Waals surface area contributed by atoms with Gasteiger partial charge in [0.05, 0.1) is 30.3 Å². The van der Waals surface area contributed by atoms with E-state index in [0.29, 0.717) is 34.1 Å². The van der Waals surface area contributed by atoms with E-state index in [4.69, 9.17) is 14.2 Å². The van der Waals surface area contributed by atoms with Crippen LogP contribution < -0.4 is 18.9 Å². The summed E-state index contributed by atoms with van der Waals surface area (Å²) in [5.74, 6) is 1.50. The Balaban J connectivity index is 1.36. The van der Waals surface area contributed by atoms with Gasteiger partial charge in [0.15, 0.2) is 11.5 Å². The summed E-state index contributed by atoms with van der Waals surface area (Å²) in [5.41, 5.74) is 2.03. The second-order valence-electron chi connectivity index (χ2n) is 8.67. The van der Waals surface area contributed by atoms with Crippen molar-refractivity contribution < 1.29 is 27.0 Å². The summed E-state index contributed by atoms with van der Waals surface area (Å²) in [6.07, 6.45) is 1.92. The maximum Gasteiger partial charge on any atom is 0.262 e. The van der Waals surface area contributed by atoms with E-state index in [1.54, 1.807) is 56.8 Å². The molecule has 0 aliphatic heterocycles. The van der Waals surface area contributed by atoms with Crippen LogP contribution in [0.25, 0.3) is 10.9 Å². The first-order chi connectivity index (χ1) is 18.9. The molecule has 1 aromatic heterocycles. The number of para-hydroxylation sites is 1. The summed E-state index contributed by atoms with van der Waals surface area (Å²) in [7, 11) is -0.894. The molecule has 0 amide bonds. The van der Waals surface area contributed by atoms with E-state index in [9.17, 15) is 8.42 Å². The van der Waals surface area contributed by atoms with Gasteiger partial charge in [-0.25, -0.2) is 12.8 Å². The first-order valence-corrected chi connectivity index (χ1v) is 13.5. The smallest absolute Gasteiger partial charge is 0.262 e. The highest BCUT2D eigenvalue weighted by Crippen LogP contribution is 2.34. The number of rotatable bonds is 9. The number of pyridine rings is 1. The van der Waals surface area contributed by atoms with E-state index in [0.717, 1.165) is 10.9 Å². The van der Waals surface area contributed by atoms with Crippen molar-refractivity contribution in [1.29, 1.82) is 0 Å². The van der Waals surface area contributed by atoms with E-state index < -0.39 is 15.8 Å². The van der Waals surface area contributed by atoms with Crippen LogP contribution in [0.5, 0.6) is 23.0 Å². The number of sulfonamides is 1.